The Bertz CT molecular complexity index is 3480. The molecule has 0 amide bonds. The zero-order valence-electron chi connectivity index (χ0n) is 36.3. The maximum absolute atomic E-state index is 2.42. The quantitative estimate of drug-likeness (QED) is 0.165. The van der Waals surface area contributed by atoms with Crippen LogP contribution in [0.4, 0.5) is 34.1 Å². The average Bonchev–Trinajstić information content (AvgIpc) is 3.60. The summed E-state index contributed by atoms with van der Waals surface area (Å²) in [5.74, 6) is 0. The Morgan fingerprint density at radius 1 is 0.246 bits per heavy atom. The number of benzene rings is 12. The van der Waals surface area contributed by atoms with Gasteiger partial charge in [-0.05, 0) is 160 Å². The van der Waals surface area contributed by atoms with Gasteiger partial charge in [0, 0.05) is 39.5 Å². The van der Waals surface area contributed by atoms with Crippen molar-refractivity contribution < 1.29 is 0 Å². The third-order valence-electron chi connectivity index (χ3n) is 14.0. The number of fused-ring (bicyclic) bond motifs is 11. The predicted octanol–water partition coefficient (Wildman–Crippen LogP) is 17.9. The standard InChI is InChI=1S/C63H44N2/c1-63(2)61-57-33-29-55(64(51-25-19-41-11-3-7-15-45(41)35-51)52-26-20-42-12-4-8-16-46(42)36-52)39-49(57)23-31-59(61)60-32-24-50-40-56(30-34-58(50)62(60)63)65(53-27-21-43-13-5-9-17-47(43)37-53)54-28-22-44-14-6-10-18-48(44)38-54/h3-40H,1-2H3. The second-order valence-corrected chi connectivity index (χ2v) is 18.2. The molecule has 65 heavy (non-hydrogen) atoms. The summed E-state index contributed by atoms with van der Waals surface area (Å²) in [6, 6.07) is 85.3. The van der Waals surface area contributed by atoms with Crippen molar-refractivity contribution in [1.29, 1.82) is 0 Å². The van der Waals surface area contributed by atoms with E-state index in [9.17, 15) is 0 Å². The third kappa shape index (κ3) is 6.02. The van der Waals surface area contributed by atoms with Crippen LogP contribution in [0.1, 0.15) is 25.0 Å². The monoisotopic (exact) mass is 828 g/mol. The molecule has 12 aromatic carbocycles. The van der Waals surface area contributed by atoms with Crippen molar-refractivity contribution >= 4 is 98.8 Å². The summed E-state index contributed by atoms with van der Waals surface area (Å²) in [4.78, 5) is 4.82. The number of hydrogen-bond acceptors (Lipinski definition) is 2. The fourth-order valence-corrected chi connectivity index (χ4v) is 11.0. The number of rotatable bonds is 6. The summed E-state index contributed by atoms with van der Waals surface area (Å²) in [5, 5.41) is 14.9. The van der Waals surface area contributed by atoms with E-state index in [1.165, 1.54) is 86.9 Å². The lowest BCUT2D eigenvalue weighted by molar-refractivity contribution is 0.672. The first kappa shape index (κ1) is 37.4. The van der Waals surface area contributed by atoms with Gasteiger partial charge in [-0.15, -0.1) is 0 Å². The van der Waals surface area contributed by atoms with Gasteiger partial charge in [0.1, 0.15) is 0 Å². The molecule has 0 spiro atoms. The van der Waals surface area contributed by atoms with Gasteiger partial charge in [-0.2, -0.15) is 0 Å². The predicted molar refractivity (Wildman–Crippen MR) is 278 cm³/mol. The molecule has 2 heteroatoms. The van der Waals surface area contributed by atoms with Crippen molar-refractivity contribution in [3.8, 4) is 11.1 Å². The van der Waals surface area contributed by atoms with Crippen LogP contribution in [-0.2, 0) is 5.41 Å². The molecule has 1 aliphatic carbocycles. The summed E-state index contributed by atoms with van der Waals surface area (Å²) < 4.78 is 0. The van der Waals surface area contributed by atoms with Gasteiger partial charge in [-0.25, -0.2) is 0 Å². The molecule has 0 aliphatic heterocycles. The Balaban J connectivity index is 0.927. The van der Waals surface area contributed by atoms with Gasteiger partial charge in [0.2, 0.25) is 0 Å². The van der Waals surface area contributed by atoms with Crippen LogP contribution in [0.25, 0.3) is 75.8 Å². The van der Waals surface area contributed by atoms with Crippen molar-refractivity contribution in [3.05, 3.63) is 242 Å². The van der Waals surface area contributed by atoms with Crippen LogP contribution in [0, 0.1) is 0 Å². The third-order valence-corrected chi connectivity index (χ3v) is 14.0. The largest absolute Gasteiger partial charge is 0.310 e. The number of hydrogen-bond donors (Lipinski definition) is 0. The molecule has 0 aromatic heterocycles. The minimum Gasteiger partial charge on any atom is -0.310 e. The summed E-state index contributed by atoms with van der Waals surface area (Å²) in [7, 11) is 0. The molecule has 0 unspecified atom stereocenters. The Kier molecular flexibility index (Phi) is 8.29. The van der Waals surface area contributed by atoms with E-state index in [1.807, 2.05) is 0 Å². The van der Waals surface area contributed by atoms with Crippen LogP contribution in [-0.4, -0.2) is 0 Å². The summed E-state index contributed by atoms with van der Waals surface area (Å²) in [6.07, 6.45) is 0. The van der Waals surface area contributed by atoms with E-state index in [4.69, 9.17) is 0 Å². The van der Waals surface area contributed by atoms with Gasteiger partial charge >= 0.3 is 0 Å². The van der Waals surface area contributed by atoms with Crippen LogP contribution in [0.2, 0.25) is 0 Å². The Morgan fingerprint density at radius 3 is 0.800 bits per heavy atom. The van der Waals surface area contributed by atoms with Crippen molar-refractivity contribution in [2.45, 2.75) is 19.3 Å². The van der Waals surface area contributed by atoms with Crippen molar-refractivity contribution in [2.75, 3.05) is 9.80 Å². The summed E-state index contributed by atoms with van der Waals surface area (Å²) in [5.41, 5.74) is 12.0. The molecule has 1 aliphatic rings. The normalized spacial score (nSPS) is 12.9. The molecule has 2 nitrogen and oxygen atoms in total. The number of anilines is 6. The fourth-order valence-electron chi connectivity index (χ4n) is 11.0. The average molecular weight is 829 g/mol. The van der Waals surface area contributed by atoms with Crippen molar-refractivity contribution in [1.82, 2.24) is 0 Å². The summed E-state index contributed by atoms with van der Waals surface area (Å²) in [6.45, 7) is 4.84. The molecule has 306 valence electrons. The SMILES string of the molecule is CC1(C)c2c(ccc3cc(N(c4ccc5ccccc5c4)c4ccc5ccccc5c4)ccc23)-c2ccc3cc(N(c4ccc5ccccc5c4)c4ccc5ccccc5c4)ccc3c21. The zero-order chi connectivity index (χ0) is 43.2. The highest BCUT2D eigenvalue weighted by molar-refractivity contribution is 6.06. The van der Waals surface area contributed by atoms with E-state index < -0.39 is 0 Å². The highest BCUT2D eigenvalue weighted by Gasteiger charge is 2.38. The fraction of sp³-hybridized carbons (Fsp3) is 0.0476. The molecule has 13 rings (SSSR count). The van der Waals surface area contributed by atoms with E-state index in [-0.39, 0.29) is 5.41 Å². The molecule has 0 saturated carbocycles. The first-order chi connectivity index (χ1) is 31.9. The molecular weight excluding hydrogens is 785 g/mol. The van der Waals surface area contributed by atoms with Crippen LogP contribution >= 0.6 is 0 Å². The number of nitrogens with zero attached hydrogens (tertiary/aromatic N) is 2. The topological polar surface area (TPSA) is 6.48 Å². The highest BCUT2D eigenvalue weighted by atomic mass is 15.1. The van der Waals surface area contributed by atoms with Gasteiger partial charge in [0.15, 0.2) is 0 Å². The van der Waals surface area contributed by atoms with E-state index in [0.29, 0.717) is 0 Å². The maximum atomic E-state index is 2.42. The van der Waals surface area contributed by atoms with Crippen molar-refractivity contribution in [2.24, 2.45) is 0 Å². The first-order valence-corrected chi connectivity index (χ1v) is 22.7. The van der Waals surface area contributed by atoms with E-state index in [1.54, 1.807) is 0 Å². The minimum absolute atomic E-state index is 0.237. The highest BCUT2D eigenvalue weighted by Crippen LogP contribution is 2.54. The smallest absolute Gasteiger partial charge is 0.0468 e. The van der Waals surface area contributed by atoms with Gasteiger partial charge < -0.3 is 9.80 Å². The Labute approximate surface area is 378 Å². The molecule has 0 fully saturated rings. The molecular formula is C63H44N2. The lowest BCUT2D eigenvalue weighted by atomic mass is 9.78. The zero-order valence-corrected chi connectivity index (χ0v) is 36.3. The van der Waals surface area contributed by atoms with Crippen molar-refractivity contribution in [3.63, 3.8) is 0 Å². The van der Waals surface area contributed by atoms with E-state index in [0.717, 1.165) is 34.1 Å². The lowest BCUT2D eigenvalue weighted by Crippen LogP contribution is -2.16. The van der Waals surface area contributed by atoms with Crippen LogP contribution < -0.4 is 9.80 Å². The maximum Gasteiger partial charge on any atom is 0.0468 e. The minimum atomic E-state index is -0.237. The molecule has 0 radical (unpaired) electrons. The second-order valence-electron chi connectivity index (χ2n) is 18.2. The second kappa shape index (κ2) is 14.4. The molecule has 0 saturated heterocycles. The van der Waals surface area contributed by atoms with Gasteiger partial charge in [-0.3, -0.25) is 0 Å². The molecule has 0 atom stereocenters. The molecule has 0 heterocycles. The summed E-state index contributed by atoms with van der Waals surface area (Å²) >= 11 is 0. The molecule has 0 bridgehead atoms. The Hall–Kier alpha value is -8.20. The van der Waals surface area contributed by atoms with Gasteiger partial charge in [0.05, 0.1) is 0 Å². The molecule has 12 aromatic rings. The Morgan fingerprint density at radius 2 is 0.492 bits per heavy atom. The van der Waals surface area contributed by atoms with Crippen LogP contribution in [0.15, 0.2) is 231 Å². The first-order valence-electron chi connectivity index (χ1n) is 22.7. The van der Waals surface area contributed by atoms with Crippen LogP contribution in [0.5, 0.6) is 0 Å². The lowest BCUT2D eigenvalue weighted by Gasteiger charge is -2.28. The molecule has 0 N–H and O–H groups in total. The van der Waals surface area contributed by atoms with Crippen LogP contribution in [0.3, 0.4) is 0 Å². The van der Waals surface area contributed by atoms with Gasteiger partial charge in [-0.1, -0.05) is 172 Å². The van der Waals surface area contributed by atoms with E-state index >= 15 is 0 Å². The van der Waals surface area contributed by atoms with E-state index in [2.05, 4.69) is 254 Å². The van der Waals surface area contributed by atoms with Gasteiger partial charge in [0.25, 0.3) is 0 Å².